The largest absolute Gasteiger partial charge is 0.481 e. The topological polar surface area (TPSA) is 108 Å². The maximum absolute atomic E-state index is 14.8. The normalized spacial score (nSPS) is 20.3. The van der Waals surface area contributed by atoms with Crippen LogP contribution in [0.15, 0.2) is 54.9 Å². The monoisotopic (exact) mass is 604 g/mol. The van der Waals surface area contributed by atoms with Gasteiger partial charge in [-0.25, -0.2) is 23.7 Å². The molecule has 1 saturated carbocycles. The number of rotatable bonds is 6. The van der Waals surface area contributed by atoms with E-state index in [2.05, 4.69) is 20.3 Å². The number of nitrogens with one attached hydrogen (secondary N) is 1. The number of carboxylic acid groups (broad SMARTS) is 1. The van der Waals surface area contributed by atoms with E-state index in [0.29, 0.717) is 15.4 Å². The minimum atomic E-state index is -4.70. The molecule has 1 fully saturated rings. The highest BCUT2D eigenvalue weighted by Gasteiger charge is 2.49. The number of benzene rings is 2. The van der Waals surface area contributed by atoms with Crippen molar-refractivity contribution in [2.24, 2.45) is 11.3 Å². The van der Waals surface area contributed by atoms with Gasteiger partial charge in [0.25, 0.3) is 0 Å². The Morgan fingerprint density at radius 3 is 2.52 bits per heavy atom. The molecule has 2 aromatic heterocycles. The van der Waals surface area contributed by atoms with Crippen molar-refractivity contribution in [2.45, 2.75) is 44.9 Å². The minimum Gasteiger partial charge on any atom is -0.481 e. The van der Waals surface area contributed by atoms with Crippen molar-refractivity contribution in [2.75, 3.05) is 5.32 Å². The quantitative estimate of drug-likeness (QED) is 0.197. The second kappa shape index (κ2) is 10.7. The lowest BCUT2D eigenvalue weighted by molar-refractivity contribution is -0.154. The molecule has 2 unspecified atom stereocenters. The molecule has 1 aliphatic rings. The standard InChI is InChI=1S/C29H25F5N4O3S/c1-27(2)14-28(41,8-6-19(27)24(39)40)25-36-13-21(42-25)16-10-15(18-4-3-5-20(30)23(18)31)11-17(12-16)37-26-35-9-7-22(38-26)29(32,33)34/h3-5,7,9-13,19,41H,6,8,14H2,1-2H3,(H,39,40)(H,35,37,38). The van der Waals surface area contributed by atoms with Crippen LogP contribution in [0.5, 0.6) is 0 Å². The molecule has 5 rings (SSSR count). The third-order valence-electron chi connectivity index (χ3n) is 7.42. The predicted molar refractivity (Wildman–Crippen MR) is 146 cm³/mol. The molecule has 0 spiro atoms. The van der Waals surface area contributed by atoms with Crippen molar-refractivity contribution in [3.8, 4) is 21.6 Å². The number of aliphatic hydroxyl groups is 1. The lowest BCUT2D eigenvalue weighted by Crippen LogP contribution is -2.44. The van der Waals surface area contributed by atoms with Gasteiger partial charge in [-0.15, -0.1) is 11.3 Å². The summed E-state index contributed by atoms with van der Waals surface area (Å²) >= 11 is 1.15. The summed E-state index contributed by atoms with van der Waals surface area (Å²) in [5, 5.41) is 24.2. The summed E-state index contributed by atoms with van der Waals surface area (Å²) in [5.41, 5.74) is -2.45. The Hall–Kier alpha value is -3.97. The number of thiazole rings is 1. The zero-order valence-electron chi connectivity index (χ0n) is 22.3. The highest BCUT2D eigenvalue weighted by atomic mass is 32.1. The van der Waals surface area contributed by atoms with E-state index in [1.807, 2.05) is 0 Å². The molecular weight excluding hydrogens is 579 g/mol. The van der Waals surface area contributed by atoms with Crippen molar-refractivity contribution in [1.29, 1.82) is 0 Å². The van der Waals surface area contributed by atoms with Gasteiger partial charge >= 0.3 is 12.1 Å². The third kappa shape index (κ3) is 5.84. The Labute approximate surface area is 241 Å². The highest BCUT2D eigenvalue weighted by molar-refractivity contribution is 7.15. The number of aromatic nitrogens is 3. The number of anilines is 2. The number of alkyl halides is 3. The van der Waals surface area contributed by atoms with Gasteiger partial charge in [-0.05, 0) is 66.1 Å². The molecule has 0 bridgehead atoms. The predicted octanol–water partition coefficient (Wildman–Crippen LogP) is 7.41. The van der Waals surface area contributed by atoms with Crippen LogP contribution in [-0.2, 0) is 16.6 Å². The molecule has 0 saturated heterocycles. The first kappa shape index (κ1) is 29.5. The fourth-order valence-corrected chi connectivity index (χ4v) is 6.45. The molecule has 0 radical (unpaired) electrons. The fourth-order valence-electron chi connectivity index (χ4n) is 5.43. The Morgan fingerprint density at radius 1 is 1.10 bits per heavy atom. The molecule has 42 heavy (non-hydrogen) atoms. The Balaban J connectivity index is 1.55. The van der Waals surface area contributed by atoms with Gasteiger partial charge in [0.05, 0.1) is 10.8 Å². The van der Waals surface area contributed by atoms with Crippen molar-refractivity contribution in [1.82, 2.24) is 15.0 Å². The number of hydrogen-bond donors (Lipinski definition) is 3. The first-order valence-electron chi connectivity index (χ1n) is 12.8. The number of halogens is 5. The first-order chi connectivity index (χ1) is 19.7. The van der Waals surface area contributed by atoms with Crippen LogP contribution in [0.4, 0.5) is 33.6 Å². The summed E-state index contributed by atoms with van der Waals surface area (Å²) in [4.78, 5) is 24.0. The van der Waals surface area contributed by atoms with Crippen LogP contribution in [0.2, 0.25) is 0 Å². The molecule has 13 heteroatoms. The van der Waals surface area contributed by atoms with Gasteiger partial charge in [-0.2, -0.15) is 13.2 Å². The summed E-state index contributed by atoms with van der Waals surface area (Å²) in [6.45, 7) is 3.57. The van der Waals surface area contributed by atoms with Crippen molar-refractivity contribution >= 4 is 28.9 Å². The van der Waals surface area contributed by atoms with E-state index >= 15 is 0 Å². The van der Waals surface area contributed by atoms with Gasteiger partial charge in [-0.3, -0.25) is 4.79 Å². The molecule has 4 aromatic rings. The summed E-state index contributed by atoms with van der Waals surface area (Å²) in [7, 11) is 0. The van der Waals surface area contributed by atoms with E-state index in [4.69, 9.17) is 0 Å². The van der Waals surface area contributed by atoms with Gasteiger partial charge < -0.3 is 15.5 Å². The Kier molecular flexibility index (Phi) is 7.52. The molecule has 0 aliphatic heterocycles. The number of nitrogens with zero attached hydrogens (tertiary/aromatic N) is 3. The van der Waals surface area contributed by atoms with Gasteiger partial charge in [0.15, 0.2) is 11.6 Å². The van der Waals surface area contributed by atoms with E-state index in [1.165, 1.54) is 24.4 Å². The molecule has 0 amide bonds. The smallest absolute Gasteiger partial charge is 0.433 e. The lowest BCUT2D eigenvalue weighted by Gasteiger charge is -2.44. The van der Waals surface area contributed by atoms with Gasteiger partial charge in [0.2, 0.25) is 5.95 Å². The highest BCUT2D eigenvalue weighted by Crippen LogP contribution is 2.51. The van der Waals surface area contributed by atoms with Crippen molar-refractivity contribution in [3.05, 3.63) is 77.2 Å². The Morgan fingerprint density at radius 2 is 1.83 bits per heavy atom. The van der Waals surface area contributed by atoms with Crippen molar-refractivity contribution in [3.63, 3.8) is 0 Å². The minimum absolute atomic E-state index is 0.0815. The Bertz CT molecular complexity index is 1660. The third-order valence-corrected chi connectivity index (χ3v) is 8.66. The van der Waals surface area contributed by atoms with Crippen LogP contribution in [0.25, 0.3) is 21.6 Å². The average Bonchev–Trinajstić information content (AvgIpc) is 3.41. The lowest BCUT2D eigenvalue weighted by atomic mass is 9.63. The first-order valence-corrected chi connectivity index (χ1v) is 13.7. The molecule has 1 aliphatic carbocycles. The van der Waals surface area contributed by atoms with E-state index in [-0.39, 0.29) is 42.0 Å². The van der Waals surface area contributed by atoms with Crippen LogP contribution in [-0.4, -0.2) is 31.1 Å². The van der Waals surface area contributed by atoms with Gasteiger partial charge in [-0.1, -0.05) is 26.0 Å². The summed E-state index contributed by atoms with van der Waals surface area (Å²) in [6.07, 6.45) is -1.64. The molecule has 2 aromatic carbocycles. The van der Waals surface area contributed by atoms with Gasteiger partial charge in [0, 0.05) is 23.6 Å². The SMILES string of the molecule is CC1(C)CC(O)(c2ncc(-c3cc(Nc4nccc(C(F)(F)F)n4)cc(-c4cccc(F)c4F)c3)s2)CCC1C(=O)O. The molecule has 7 nitrogen and oxygen atoms in total. The van der Waals surface area contributed by atoms with Crippen LogP contribution < -0.4 is 5.32 Å². The maximum atomic E-state index is 14.8. The fraction of sp³-hybridized carbons (Fsp3) is 0.310. The van der Waals surface area contributed by atoms with Crippen LogP contribution in [0.3, 0.4) is 0 Å². The molecular formula is C29H25F5N4O3S. The number of carboxylic acids is 1. The second-order valence-electron chi connectivity index (χ2n) is 10.9. The maximum Gasteiger partial charge on any atom is 0.433 e. The van der Waals surface area contributed by atoms with E-state index in [9.17, 15) is 37.0 Å². The van der Waals surface area contributed by atoms with Crippen molar-refractivity contribution < 1.29 is 37.0 Å². The molecule has 220 valence electrons. The summed E-state index contributed by atoms with van der Waals surface area (Å²) < 4.78 is 68.5. The molecule has 2 heterocycles. The van der Waals surface area contributed by atoms with Gasteiger partial charge in [0.1, 0.15) is 16.3 Å². The van der Waals surface area contributed by atoms with E-state index in [0.717, 1.165) is 29.7 Å². The molecule has 3 N–H and O–H groups in total. The van der Waals surface area contributed by atoms with Crippen LogP contribution in [0.1, 0.15) is 43.8 Å². The van der Waals surface area contributed by atoms with Crippen LogP contribution in [0, 0.1) is 23.0 Å². The van der Waals surface area contributed by atoms with E-state index in [1.54, 1.807) is 26.0 Å². The average molecular weight is 605 g/mol. The summed E-state index contributed by atoms with van der Waals surface area (Å²) in [6, 6.07) is 8.96. The zero-order valence-corrected chi connectivity index (χ0v) is 23.2. The number of carbonyl (C=O) groups is 1. The number of hydrogen-bond acceptors (Lipinski definition) is 7. The van der Waals surface area contributed by atoms with Crippen LogP contribution >= 0.6 is 11.3 Å². The molecule has 2 atom stereocenters. The zero-order chi connectivity index (χ0) is 30.4. The second-order valence-corrected chi connectivity index (χ2v) is 12.0. The van der Waals surface area contributed by atoms with E-state index < -0.39 is 46.4 Å². The number of aliphatic carboxylic acids is 1. The summed E-state index contributed by atoms with van der Waals surface area (Å²) in [5.74, 6) is -4.08.